The van der Waals surface area contributed by atoms with Crippen LogP contribution in [0.5, 0.6) is 0 Å². The highest BCUT2D eigenvalue weighted by molar-refractivity contribution is 5.25. The lowest BCUT2D eigenvalue weighted by Crippen LogP contribution is -2.40. The van der Waals surface area contributed by atoms with Gasteiger partial charge in [0, 0.05) is 5.54 Å². The summed E-state index contributed by atoms with van der Waals surface area (Å²) in [5.41, 5.74) is 9.59. The minimum Gasteiger partial charge on any atom is -0.325 e. The standard InChI is InChI=1S/C17H20FN/c1-13-3-5-14(6-4-13)11-17(2,19)12-15-7-9-16(18)10-8-15/h3-10H,11-12,19H2,1-2H3. The van der Waals surface area contributed by atoms with Crippen molar-refractivity contribution in [3.05, 3.63) is 71.0 Å². The Morgan fingerprint density at radius 1 is 0.895 bits per heavy atom. The van der Waals surface area contributed by atoms with Gasteiger partial charge < -0.3 is 5.73 Å². The van der Waals surface area contributed by atoms with E-state index in [2.05, 4.69) is 31.2 Å². The monoisotopic (exact) mass is 257 g/mol. The fraction of sp³-hybridized carbons (Fsp3) is 0.294. The van der Waals surface area contributed by atoms with E-state index in [4.69, 9.17) is 5.73 Å². The van der Waals surface area contributed by atoms with Crippen molar-refractivity contribution in [2.45, 2.75) is 32.2 Å². The summed E-state index contributed by atoms with van der Waals surface area (Å²) in [6.45, 7) is 4.11. The molecule has 0 aliphatic heterocycles. The molecule has 1 unspecified atom stereocenters. The first-order chi connectivity index (χ1) is 8.94. The average molecular weight is 257 g/mol. The average Bonchev–Trinajstić information content (AvgIpc) is 2.34. The maximum absolute atomic E-state index is 12.9. The highest BCUT2D eigenvalue weighted by Gasteiger charge is 2.19. The Kier molecular flexibility index (Phi) is 4.01. The molecule has 0 spiro atoms. The Balaban J connectivity index is 2.05. The molecule has 0 aromatic heterocycles. The minimum absolute atomic E-state index is 0.207. The van der Waals surface area contributed by atoms with Gasteiger partial charge in [-0.1, -0.05) is 42.0 Å². The Hall–Kier alpha value is -1.67. The first-order valence-corrected chi connectivity index (χ1v) is 6.53. The molecule has 0 saturated heterocycles. The molecular weight excluding hydrogens is 237 g/mol. The van der Waals surface area contributed by atoms with Crippen molar-refractivity contribution >= 4 is 0 Å². The third-order valence-corrected chi connectivity index (χ3v) is 3.25. The quantitative estimate of drug-likeness (QED) is 0.889. The third-order valence-electron chi connectivity index (χ3n) is 3.25. The van der Waals surface area contributed by atoms with Crippen molar-refractivity contribution in [1.82, 2.24) is 0 Å². The van der Waals surface area contributed by atoms with Crippen molar-refractivity contribution in [3.63, 3.8) is 0 Å². The lowest BCUT2D eigenvalue weighted by atomic mass is 9.87. The molecule has 2 aromatic carbocycles. The van der Waals surface area contributed by atoms with Gasteiger partial charge in [0.05, 0.1) is 0 Å². The van der Waals surface area contributed by atoms with E-state index in [1.54, 1.807) is 12.1 Å². The van der Waals surface area contributed by atoms with Crippen molar-refractivity contribution < 1.29 is 4.39 Å². The van der Waals surface area contributed by atoms with Crippen LogP contribution in [0.4, 0.5) is 4.39 Å². The summed E-state index contributed by atoms with van der Waals surface area (Å²) in [6.07, 6.45) is 1.55. The number of nitrogens with two attached hydrogens (primary N) is 1. The van der Waals surface area contributed by atoms with Gasteiger partial charge in [-0.25, -0.2) is 4.39 Å². The second kappa shape index (κ2) is 5.54. The predicted molar refractivity (Wildman–Crippen MR) is 77.6 cm³/mol. The summed E-state index contributed by atoms with van der Waals surface area (Å²) >= 11 is 0. The second-order valence-corrected chi connectivity index (χ2v) is 5.62. The van der Waals surface area contributed by atoms with E-state index in [9.17, 15) is 4.39 Å². The van der Waals surface area contributed by atoms with Crippen LogP contribution >= 0.6 is 0 Å². The molecule has 0 aliphatic carbocycles. The summed E-state index contributed by atoms with van der Waals surface area (Å²) in [4.78, 5) is 0. The van der Waals surface area contributed by atoms with Gasteiger partial charge in [-0.15, -0.1) is 0 Å². The molecule has 0 radical (unpaired) electrons. The van der Waals surface area contributed by atoms with E-state index in [-0.39, 0.29) is 11.4 Å². The molecule has 2 rings (SSSR count). The van der Waals surface area contributed by atoms with Crippen LogP contribution < -0.4 is 5.73 Å². The van der Waals surface area contributed by atoms with E-state index in [0.717, 1.165) is 18.4 Å². The zero-order valence-corrected chi connectivity index (χ0v) is 11.5. The third kappa shape index (κ3) is 4.18. The molecular formula is C17H20FN. The molecule has 0 saturated carbocycles. The highest BCUT2D eigenvalue weighted by Crippen LogP contribution is 2.17. The second-order valence-electron chi connectivity index (χ2n) is 5.62. The molecule has 2 aromatic rings. The molecule has 0 bridgehead atoms. The maximum atomic E-state index is 12.9. The van der Waals surface area contributed by atoms with Crippen molar-refractivity contribution in [3.8, 4) is 0 Å². The van der Waals surface area contributed by atoms with Gasteiger partial charge in [-0.2, -0.15) is 0 Å². The summed E-state index contributed by atoms with van der Waals surface area (Å²) < 4.78 is 12.9. The highest BCUT2D eigenvalue weighted by atomic mass is 19.1. The van der Waals surface area contributed by atoms with E-state index < -0.39 is 0 Å². The van der Waals surface area contributed by atoms with Gasteiger partial charge in [-0.05, 0) is 49.9 Å². The Morgan fingerprint density at radius 3 is 1.79 bits per heavy atom. The van der Waals surface area contributed by atoms with Crippen LogP contribution in [-0.4, -0.2) is 5.54 Å². The SMILES string of the molecule is Cc1ccc(CC(C)(N)Cc2ccc(F)cc2)cc1. The van der Waals surface area contributed by atoms with Gasteiger partial charge >= 0.3 is 0 Å². The molecule has 19 heavy (non-hydrogen) atoms. The van der Waals surface area contributed by atoms with Gasteiger partial charge in [0.25, 0.3) is 0 Å². The molecule has 2 heteroatoms. The maximum Gasteiger partial charge on any atom is 0.123 e. The minimum atomic E-state index is -0.326. The molecule has 0 amide bonds. The topological polar surface area (TPSA) is 26.0 Å². The summed E-state index contributed by atoms with van der Waals surface area (Å²) in [5.74, 6) is -0.207. The predicted octanol–water partition coefficient (Wildman–Crippen LogP) is 3.64. The zero-order chi connectivity index (χ0) is 13.9. The summed E-state index contributed by atoms with van der Waals surface area (Å²) in [7, 11) is 0. The van der Waals surface area contributed by atoms with Crippen molar-refractivity contribution in [1.29, 1.82) is 0 Å². The summed E-state index contributed by atoms with van der Waals surface area (Å²) in [5, 5.41) is 0. The van der Waals surface area contributed by atoms with Crippen LogP contribution in [0.2, 0.25) is 0 Å². The van der Waals surface area contributed by atoms with E-state index in [0.29, 0.717) is 0 Å². The first-order valence-electron chi connectivity index (χ1n) is 6.53. The van der Waals surface area contributed by atoms with Crippen LogP contribution in [0.3, 0.4) is 0 Å². The largest absolute Gasteiger partial charge is 0.325 e. The molecule has 1 nitrogen and oxygen atoms in total. The smallest absolute Gasteiger partial charge is 0.123 e. The number of hydrogen-bond acceptors (Lipinski definition) is 1. The fourth-order valence-corrected chi connectivity index (χ4v) is 2.30. The van der Waals surface area contributed by atoms with E-state index in [1.165, 1.54) is 23.3 Å². The fourth-order valence-electron chi connectivity index (χ4n) is 2.30. The lowest BCUT2D eigenvalue weighted by molar-refractivity contribution is 0.462. The van der Waals surface area contributed by atoms with Crippen LogP contribution in [-0.2, 0) is 12.8 Å². The first kappa shape index (κ1) is 13.8. The lowest BCUT2D eigenvalue weighted by Gasteiger charge is -2.25. The van der Waals surface area contributed by atoms with Gasteiger partial charge in [0.2, 0.25) is 0 Å². The van der Waals surface area contributed by atoms with Crippen molar-refractivity contribution in [2.24, 2.45) is 5.73 Å². The van der Waals surface area contributed by atoms with Crippen LogP contribution in [0.15, 0.2) is 48.5 Å². The molecule has 0 fully saturated rings. The van der Waals surface area contributed by atoms with Crippen LogP contribution in [0.1, 0.15) is 23.6 Å². The van der Waals surface area contributed by atoms with Crippen molar-refractivity contribution in [2.75, 3.05) is 0 Å². The molecule has 0 aliphatic rings. The molecule has 100 valence electrons. The molecule has 1 atom stereocenters. The van der Waals surface area contributed by atoms with E-state index in [1.807, 2.05) is 6.92 Å². The van der Waals surface area contributed by atoms with E-state index >= 15 is 0 Å². The van der Waals surface area contributed by atoms with Crippen LogP contribution in [0.25, 0.3) is 0 Å². The molecule has 0 heterocycles. The number of benzene rings is 2. The van der Waals surface area contributed by atoms with Gasteiger partial charge in [0.1, 0.15) is 5.82 Å². The van der Waals surface area contributed by atoms with Crippen LogP contribution in [0, 0.1) is 12.7 Å². The number of hydrogen-bond donors (Lipinski definition) is 1. The Labute approximate surface area is 114 Å². The Bertz CT molecular complexity index is 477. The number of aryl methyl sites for hydroxylation is 1. The zero-order valence-electron chi connectivity index (χ0n) is 11.5. The Morgan fingerprint density at radius 2 is 1.32 bits per heavy atom. The number of rotatable bonds is 4. The van der Waals surface area contributed by atoms with Gasteiger partial charge in [-0.3, -0.25) is 0 Å². The summed E-state index contributed by atoms with van der Waals surface area (Å²) in [6, 6.07) is 15.0. The van der Waals surface area contributed by atoms with Gasteiger partial charge in [0.15, 0.2) is 0 Å². The molecule has 2 N–H and O–H groups in total. The normalized spacial score (nSPS) is 14.1. The number of halogens is 1.